The Bertz CT molecular complexity index is 1180. The molecule has 12 nitrogen and oxygen atoms in total. The Morgan fingerprint density at radius 1 is 0.895 bits per heavy atom. The molecule has 0 atom stereocenters. The first kappa shape index (κ1) is 26.9. The third kappa shape index (κ3) is 6.38. The highest BCUT2D eigenvalue weighted by molar-refractivity contribution is 6.07. The van der Waals surface area contributed by atoms with E-state index in [2.05, 4.69) is 15.5 Å². The summed E-state index contributed by atoms with van der Waals surface area (Å²) in [6.07, 6.45) is 1.18. The fraction of sp³-hybridized carbons (Fsp3) is 0.423. The zero-order valence-electron chi connectivity index (χ0n) is 21.4. The average Bonchev–Trinajstić information content (AvgIpc) is 3.36. The van der Waals surface area contributed by atoms with E-state index >= 15 is 0 Å². The highest BCUT2D eigenvalue weighted by Gasteiger charge is 2.24. The smallest absolute Gasteiger partial charge is 0.409 e. The third-order valence-electron chi connectivity index (χ3n) is 6.73. The van der Waals surface area contributed by atoms with Crippen molar-refractivity contribution in [2.45, 2.75) is 12.8 Å². The van der Waals surface area contributed by atoms with Gasteiger partial charge >= 0.3 is 6.09 Å². The second kappa shape index (κ2) is 12.4. The van der Waals surface area contributed by atoms with E-state index in [4.69, 9.17) is 4.74 Å². The van der Waals surface area contributed by atoms with Crippen molar-refractivity contribution < 1.29 is 24.0 Å². The molecular weight excluding hydrogens is 492 g/mol. The summed E-state index contributed by atoms with van der Waals surface area (Å²) in [5.74, 6) is -0.561. The molecule has 0 spiro atoms. The molecule has 0 unspecified atom stereocenters. The Morgan fingerprint density at radius 2 is 1.63 bits per heavy atom. The molecule has 2 saturated heterocycles. The lowest BCUT2D eigenvalue weighted by Crippen LogP contribution is -2.35. The molecule has 0 bridgehead atoms. The fourth-order valence-corrected chi connectivity index (χ4v) is 4.68. The minimum absolute atomic E-state index is 0.110. The van der Waals surface area contributed by atoms with Gasteiger partial charge in [-0.3, -0.25) is 19.7 Å². The topological polar surface area (TPSA) is 137 Å². The highest BCUT2D eigenvalue weighted by Crippen LogP contribution is 2.30. The molecule has 4 rings (SSSR count). The van der Waals surface area contributed by atoms with Crippen LogP contribution < -0.4 is 15.5 Å². The van der Waals surface area contributed by atoms with Crippen molar-refractivity contribution in [1.29, 1.82) is 0 Å². The van der Waals surface area contributed by atoms with E-state index in [0.717, 1.165) is 25.2 Å². The predicted octanol–water partition coefficient (Wildman–Crippen LogP) is 2.56. The number of nitro groups is 1. The Balaban J connectivity index is 1.62. The Labute approximate surface area is 220 Å². The van der Waals surface area contributed by atoms with Crippen LogP contribution in [-0.2, 0) is 4.74 Å². The third-order valence-corrected chi connectivity index (χ3v) is 6.73. The number of rotatable bonds is 5. The molecule has 0 radical (unpaired) electrons. The average molecular weight is 525 g/mol. The van der Waals surface area contributed by atoms with Crippen molar-refractivity contribution in [1.82, 2.24) is 15.1 Å². The van der Waals surface area contributed by atoms with Gasteiger partial charge in [0, 0.05) is 69.1 Å². The lowest BCUT2D eigenvalue weighted by molar-refractivity contribution is -0.384. The Hall–Kier alpha value is -4.19. The van der Waals surface area contributed by atoms with Crippen molar-refractivity contribution in [3.05, 3.63) is 63.7 Å². The van der Waals surface area contributed by atoms with Gasteiger partial charge in [-0.1, -0.05) is 0 Å². The maximum atomic E-state index is 13.3. The first-order valence-corrected chi connectivity index (χ1v) is 12.6. The van der Waals surface area contributed by atoms with Crippen LogP contribution in [0.5, 0.6) is 0 Å². The number of ether oxygens (including phenoxy) is 1. The summed E-state index contributed by atoms with van der Waals surface area (Å²) >= 11 is 0. The zero-order chi connectivity index (χ0) is 27.1. The molecule has 2 aliphatic rings. The standard InChI is InChI=1S/C26H32N6O6/c1-38-26(35)31-14-3-13-29(16-17-31)23-9-6-20(25(34)30-12-2-10-27-11-15-30)18-22(23)28-24(33)19-4-7-21(8-5-19)32(36)37/h4-9,18,27H,2-3,10-17H2,1H3,(H,28,33). The summed E-state index contributed by atoms with van der Waals surface area (Å²) in [4.78, 5) is 54.4. The van der Waals surface area contributed by atoms with Crippen LogP contribution in [-0.4, -0.2) is 92.1 Å². The van der Waals surface area contributed by atoms with E-state index in [-0.39, 0.29) is 23.3 Å². The number of methoxy groups -OCH3 is 1. The van der Waals surface area contributed by atoms with E-state index in [1.54, 1.807) is 21.9 Å². The molecule has 2 N–H and O–H groups in total. The molecule has 3 amide bonds. The second-order valence-corrected chi connectivity index (χ2v) is 9.18. The van der Waals surface area contributed by atoms with Crippen molar-refractivity contribution in [2.24, 2.45) is 0 Å². The molecule has 0 saturated carbocycles. The van der Waals surface area contributed by atoms with Crippen molar-refractivity contribution >= 4 is 35.0 Å². The van der Waals surface area contributed by atoms with E-state index in [1.807, 2.05) is 6.07 Å². The maximum absolute atomic E-state index is 13.3. The second-order valence-electron chi connectivity index (χ2n) is 9.18. The minimum Gasteiger partial charge on any atom is -0.453 e. The molecule has 12 heteroatoms. The number of anilines is 2. The van der Waals surface area contributed by atoms with Crippen LogP contribution in [0, 0.1) is 10.1 Å². The lowest BCUT2D eigenvalue weighted by Gasteiger charge is -2.27. The van der Waals surface area contributed by atoms with Crippen LogP contribution in [0.3, 0.4) is 0 Å². The van der Waals surface area contributed by atoms with Crippen LogP contribution in [0.1, 0.15) is 33.6 Å². The van der Waals surface area contributed by atoms with Crippen LogP contribution in [0.15, 0.2) is 42.5 Å². The van der Waals surface area contributed by atoms with Gasteiger partial charge in [-0.05, 0) is 49.7 Å². The zero-order valence-corrected chi connectivity index (χ0v) is 21.4. The highest BCUT2D eigenvalue weighted by atomic mass is 16.6. The number of amides is 3. The first-order valence-electron chi connectivity index (χ1n) is 12.6. The summed E-state index contributed by atoms with van der Waals surface area (Å²) in [6.45, 7) is 4.97. The molecule has 2 aliphatic heterocycles. The predicted molar refractivity (Wildman–Crippen MR) is 142 cm³/mol. The SMILES string of the molecule is COC(=O)N1CCCN(c2ccc(C(=O)N3CCCNCC3)cc2NC(=O)c2ccc([N+](=O)[O-])cc2)CC1. The molecule has 2 fully saturated rings. The van der Waals surface area contributed by atoms with E-state index < -0.39 is 10.8 Å². The van der Waals surface area contributed by atoms with E-state index in [1.165, 1.54) is 31.4 Å². The molecule has 38 heavy (non-hydrogen) atoms. The fourth-order valence-electron chi connectivity index (χ4n) is 4.68. The van der Waals surface area contributed by atoms with Gasteiger partial charge in [0.15, 0.2) is 0 Å². The van der Waals surface area contributed by atoms with Crippen LogP contribution >= 0.6 is 0 Å². The largest absolute Gasteiger partial charge is 0.453 e. The van der Waals surface area contributed by atoms with Gasteiger partial charge in [0.1, 0.15) is 0 Å². The van der Waals surface area contributed by atoms with Gasteiger partial charge in [0.2, 0.25) is 0 Å². The number of carbonyl (C=O) groups excluding carboxylic acids is 3. The van der Waals surface area contributed by atoms with Crippen LogP contribution in [0.2, 0.25) is 0 Å². The normalized spacial score (nSPS) is 16.3. The van der Waals surface area contributed by atoms with Crippen LogP contribution in [0.4, 0.5) is 21.9 Å². The Morgan fingerprint density at radius 3 is 2.37 bits per heavy atom. The number of nitrogens with one attached hydrogen (secondary N) is 2. The van der Waals surface area contributed by atoms with Crippen molar-refractivity contribution in [3.8, 4) is 0 Å². The van der Waals surface area contributed by atoms with E-state index in [0.29, 0.717) is 56.9 Å². The molecule has 0 aromatic heterocycles. The van der Waals surface area contributed by atoms with Gasteiger partial charge in [-0.15, -0.1) is 0 Å². The van der Waals surface area contributed by atoms with Gasteiger partial charge in [0.25, 0.3) is 17.5 Å². The lowest BCUT2D eigenvalue weighted by atomic mass is 10.1. The van der Waals surface area contributed by atoms with Gasteiger partial charge in [-0.2, -0.15) is 0 Å². The maximum Gasteiger partial charge on any atom is 0.409 e. The number of non-ortho nitro benzene ring substituents is 1. The summed E-state index contributed by atoms with van der Waals surface area (Å²) in [5.41, 5.74) is 1.78. The summed E-state index contributed by atoms with van der Waals surface area (Å²) in [7, 11) is 1.35. The number of nitro benzene ring substituents is 1. The molecule has 2 heterocycles. The van der Waals surface area contributed by atoms with Gasteiger partial charge in [0.05, 0.1) is 23.4 Å². The summed E-state index contributed by atoms with van der Waals surface area (Å²) in [5, 5.41) is 17.2. The number of benzene rings is 2. The molecular formula is C26H32N6O6. The quantitative estimate of drug-likeness (QED) is 0.450. The molecule has 2 aromatic carbocycles. The minimum atomic E-state index is -0.524. The first-order chi connectivity index (χ1) is 18.4. The Kier molecular flexibility index (Phi) is 8.74. The van der Waals surface area contributed by atoms with E-state index in [9.17, 15) is 24.5 Å². The number of hydrogen-bond acceptors (Lipinski definition) is 8. The number of nitrogens with zero attached hydrogens (tertiary/aromatic N) is 4. The van der Waals surface area contributed by atoms with Crippen molar-refractivity contribution in [3.63, 3.8) is 0 Å². The molecule has 0 aliphatic carbocycles. The summed E-state index contributed by atoms with van der Waals surface area (Å²) in [6, 6.07) is 10.6. The number of carbonyl (C=O) groups is 3. The summed E-state index contributed by atoms with van der Waals surface area (Å²) < 4.78 is 4.87. The molecule has 2 aromatic rings. The monoisotopic (exact) mass is 524 g/mol. The van der Waals surface area contributed by atoms with Gasteiger partial charge < -0.3 is 30.1 Å². The van der Waals surface area contributed by atoms with Crippen molar-refractivity contribution in [2.75, 3.05) is 69.7 Å². The molecule has 202 valence electrons. The van der Waals surface area contributed by atoms with Gasteiger partial charge in [-0.25, -0.2) is 4.79 Å². The van der Waals surface area contributed by atoms with Crippen LogP contribution in [0.25, 0.3) is 0 Å². The number of hydrogen-bond donors (Lipinski definition) is 2.